The van der Waals surface area contributed by atoms with Crippen molar-refractivity contribution in [3.63, 3.8) is 0 Å². The van der Waals surface area contributed by atoms with Gasteiger partial charge in [0.15, 0.2) is 0 Å². The molecule has 0 saturated carbocycles. The lowest BCUT2D eigenvalue weighted by Crippen LogP contribution is -2.27. The maximum absolute atomic E-state index is 11.6. The Kier molecular flexibility index (Phi) is 2.87. The third kappa shape index (κ3) is 2.47. The number of β-amino-alcohol motifs (C(OH)–C–C–N with tert-alkyl or cyclic N) is 1. The third-order valence-corrected chi connectivity index (χ3v) is 2.41. The molecule has 1 atom stereocenters. The van der Waals surface area contributed by atoms with Gasteiger partial charge < -0.3 is 14.4 Å². The Morgan fingerprint density at radius 1 is 1.67 bits per heavy atom. The molecule has 0 aliphatic carbocycles. The molecule has 1 aliphatic heterocycles. The summed E-state index contributed by atoms with van der Waals surface area (Å²) >= 11 is 0. The van der Waals surface area contributed by atoms with Gasteiger partial charge in [0.25, 0.3) is 0 Å². The molecule has 1 unspecified atom stereocenters. The lowest BCUT2D eigenvalue weighted by molar-refractivity contribution is -0.125. The molecule has 1 N–H and O–H groups in total. The number of hydrogen-bond donors (Lipinski definition) is 1. The van der Waals surface area contributed by atoms with Crippen LogP contribution in [0.25, 0.3) is 6.08 Å². The van der Waals surface area contributed by atoms with Crippen molar-refractivity contribution in [2.45, 2.75) is 12.5 Å². The second-order valence-corrected chi connectivity index (χ2v) is 3.58. The quantitative estimate of drug-likeness (QED) is 0.732. The standard InChI is InChI=1S/C11H13NO3/c13-9-5-6-12(8-9)11(14)4-3-10-2-1-7-15-10/h1-4,7,9,13H,5-6,8H2. The fraction of sp³-hybridized carbons (Fsp3) is 0.364. The second-order valence-electron chi connectivity index (χ2n) is 3.58. The van der Waals surface area contributed by atoms with E-state index in [0.717, 1.165) is 0 Å². The molecule has 2 heterocycles. The van der Waals surface area contributed by atoms with Crippen LogP contribution in [0.3, 0.4) is 0 Å². The fourth-order valence-corrected chi connectivity index (χ4v) is 1.59. The van der Waals surface area contributed by atoms with Crippen LogP contribution < -0.4 is 0 Å². The van der Waals surface area contributed by atoms with E-state index in [1.165, 1.54) is 6.08 Å². The van der Waals surface area contributed by atoms with Crippen molar-refractivity contribution >= 4 is 12.0 Å². The van der Waals surface area contributed by atoms with Crippen molar-refractivity contribution < 1.29 is 14.3 Å². The first-order valence-electron chi connectivity index (χ1n) is 4.94. The number of hydrogen-bond acceptors (Lipinski definition) is 3. The van der Waals surface area contributed by atoms with E-state index in [2.05, 4.69) is 0 Å². The second kappa shape index (κ2) is 4.31. The SMILES string of the molecule is O=C(C=Cc1ccco1)N1CCC(O)C1. The number of rotatable bonds is 2. The molecule has 1 aromatic heterocycles. The van der Waals surface area contributed by atoms with E-state index in [1.807, 2.05) is 0 Å². The highest BCUT2D eigenvalue weighted by Gasteiger charge is 2.22. The van der Waals surface area contributed by atoms with Gasteiger partial charge in [-0.3, -0.25) is 4.79 Å². The lowest BCUT2D eigenvalue weighted by atomic mass is 10.3. The summed E-state index contributed by atoms with van der Waals surface area (Å²) in [4.78, 5) is 13.2. The van der Waals surface area contributed by atoms with Gasteiger partial charge in [-0.25, -0.2) is 0 Å². The molecule has 80 valence electrons. The lowest BCUT2D eigenvalue weighted by Gasteiger charge is -2.11. The zero-order chi connectivity index (χ0) is 10.7. The Labute approximate surface area is 87.8 Å². The van der Waals surface area contributed by atoms with E-state index in [9.17, 15) is 9.90 Å². The summed E-state index contributed by atoms with van der Waals surface area (Å²) in [7, 11) is 0. The molecule has 1 aliphatic rings. The fourth-order valence-electron chi connectivity index (χ4n) is 1.59. The number of likely N-dealkylation sites (tertiary alicyclic amines) is 1. The van der Waals surface area contributed by atoms with E-state index in [4.69, 9.17) is 4.42 Å². The summed E-state index contributed by atoms with van der Waals surface area (Å²) in [5, 5.41) is 9.26. The molecular weight excluding hydrogens is 194 g/mol. The highest BCUT2D eigenvalue weighted by Crippen LogP contribution is 2.10. The first-order valence-corrected chi connectivity index (χ1v) is 4.94. The van der Waals surface area contributed by atoms with Gasteiger partial charge in [0.2, 0.25) is 5.91 Å². The van der Waals surface area contributed by atoms with E-state index in [1.54, 1.807) is 29.4 Å². The summed E-state index contributed by atoms with van der Waals surface area (Å²) in [6.45, 7) is 1.06. The van der Waals surface area contributed by atoms with Crippen LogP contribution in [-0.2, 0) is 4.79 Å². The van der Waals surface area contributed by atoms with Gasteiger partial charge in [-0.2, -0.15) is 0 Å². The summed E-state index contributed by atoms with van der Waals surface area (Å²) in [5.41, 5.74) is 0. The zero-order valence-corrected chi connectivity index (χ0v) is 8.30. The van der Waals surface area contributed by atoms with Gasteiger partial charge in [-0.05, 0) is 24.6 Å². The number of amides is 1. The number of aliphatic hydroxyl groups excluding tert-OH is 1. The van der Waals surface area contributed by atoms with Crippen LogP contribution in [0.5, 0.6) is 0 Å². The molecule has 15 heavy (non-hydrogen) atoms. The number of carbonyl (C=O) groups is 1. The molecule has 0 aromatic carbocycles. The minimum atomic E-state index is -0.369. The molecule has 0 bridgehead atoms. The van der Waals surface area contributed by atoms with Gasteiger partial charge >= 0.3 is 0 Å². The molecule has 1 amide bonds. The minimum absolute atomic E-state index is 0.0806. The van der Waals surface area contributed by atoms with E-state index in [0.29, 0.717) is 25.3 Å². The van der Waals surface area contributed by atoms with Crippen molar-refractivity contribution in [3.05, 3.63) is 30.2 Å². The molecule has 2 rings (SSSR count). The van der Waals surface area contributed by atoms with E-state index in [-0.39, 0.29) is 12.0 Å². The number of carbonyl (C=O) groups excluding carboxylic acids is 1. The average molecular weight is 207 g/mol. The van der Waals surface area contributed by atoms with Crippen LogP contribution in [0.1, 0.15) is 12.2 Å². The predicted molar refractivity (Wildman–Crippen MR) is 54.9 cm³/mol. The van der Waals surface area contributed by atoms with E-state index >= 15 is 0 Å². The normalized spacial score (nSPS) is 21.4. The van der Waals surface area contributed by atoms with Gasteiger partial charge in [0, 0.05) is 19.2 Å². The Morgan fingerprint density at radius 3 is 3.13 bits per heavy atom. The minimum Gasteiger partial charge on any atom is -0.465 e. The van der Waals surface area contributed by atoms with Crippen molar-refractivity contribution in [1.29, 1.82) is 0 Å². The molecule has 1 fully saturated rings. The van der Waals surface area contributed by atoms with Crippen LogP contribution in [0.2, 0.25) is 0 Å². The molecule has 1 aromatic rings. The molecule has 0 radical (unpaired) electrons. The highest BCUT2D eigenvalue weighted by atomic mass is 16.3. The highest BCUT2D eigenvalue weighted by molar-refractivity contribution is 5.91. The largest absolute Gasteiger partial charge is 0.465 e. The summed E-state index contributed by atoms with van der Waals surface area (Å²) in [6, 6.07) is 3.55. The molecule has 4 nitrogen and oxygen atoms in total. The number of aliphatic hydroxyl groups is 1. The Hall–Kier alpha value is -1.55. The predicted octanol–water partition coefficient (Wildman–Crippen LogP) is 0.886. The average Bonchev–Trinajstić information content (AvgIpc) is 2.84. The summed E-state index contributed by atoms with van der Waals surface area (Å²) in [6.07, 6.45) is 4.96. The van der Waals surface area contributed by atoms with Crippen molar-refractivity contribution in [2.75, 3.05) is 13.1 Å². The smallest absolute Gasteiger partial charge is 0.246 e. The zero-order valence-electron chi connectivity index (χ0n) is 8.30. The van der Waals surface area contributed by atoms with Crippen molar-refractivity contribution in [3.8, 4) is 0 Å². The van der Waals surface area contributed by atoms with Gasteiger partial charge in [-0.15, -0.1) is 0 Å². The first-order chi connectivity index (χ1) is 7.25. The van der Waals surface area contributed by atoms with Crippen LogP contribution in [0, 0.1) is 0 Å². The Bertz CT molecular complexity index is 356. The van der Waals surface area contributed by atoms with Crippen molar-refractivity contribution in [1.82, 2.24) is 4.90 Å². The monoisotopic (exact) mass is 207 g/mol. The van der Waals surface area contributed by atoms with E-state index < -0.39 is 0 Å². The Morgan fingerprint density at radius 2 is 2.53 bits per heavy atom. The van der Waals surface area contributed by atoms with Crippen molar-refractivity contribution in [2.24, 2.45) is 0 Å². The molecule has 0 spiro atoms. The van der Waals surface area contributed by atoms with Crippen LogP contribution in [0.15, 0.2) is 28.9 Å². The van der Waals surface area contributed by atoms with Gasteiger partial charge in [-0.1, -0.05) is 0 Å². The van der Waals surface area contributed by atoms with Crippen LogP contribution in [-0.4, -0.2) is 35.1 Å². The maximum Gasteiger partial charge on any atom is 0.246 e. The molecular formula is C11H13NO3. The van der Waals surface area contributed by atoms with Crippen LogP contribution >= 0.6 is 0 Å². The molecule has 1 saturated heterocycles. The number of nitrogens with zero attached hydrogens (tertiary/aromatic N) is 1. The van der Waals surface area contributed by atoms with Gasteiger partial charge in [0.05, 0.1) is 12.4 Å². The Balaban J connectivity index is 1.92. The van der Waals surface area contributed by atoms with Crippen LogP contribution in [0.4, 0.5) is 0 Å². The number of furan rings is 1. The first kappa shape index (κ1) is 9.98. The topological polar surface area (TPSA) is 53.7 Å². The molecule has 4 heteroatoms. The summed E-state index contributed by atoms with van der Waals surface area (Å²) in [5.74, 6) is 0.575. The summed E-state index contributed by atoms with van der Waals surface area (Å²) < 4.78 is 5.06. The third-order valence-electron chi connectivity index (χ3n) is 2.41. The van der Waals surface area contributed by atoms with Gasteiger partial charge in [0.1, 0.15) is 5.76 Å². The maximum atomic E-state index is 11.6.